The molecule has 0 N–H and O–H groups in total. The summed E-state index contributed by atoms with van der Waals surface area (Å²) in [6.45, 7) is 8.27. The van der Waals surface area contributed by atoms with Crippen molar-refractivity contribution in [3.63, 3.8) is 0 Å². The van der Waals surface area contributed by atoms with E-state index < -0.39 is 0 Å². The number of aromatic nitrogens is 2. The van der Waals surface area contributed by atoms with E-state index in [0.29, 0.717) is 0 Å². The van der Waals surface area contributed by atoms with Gasteiger partial charge in [0.1, 0.15) is 5.82 Å². The second kappa shape index (κ2) is 7.44. The summed E-state index contributed by atoms with van der Waals surface area (Å²) in [7, 11) is 1.88. The van der Waals surface area contributed by atoms with Gasteiger partial charge in [-0.1, -0.05) is 32.9 Å². The molecule has 0 aliphatic carbocycles. The van der Waals surface area contributed by atoms with Crippen LogP contribution in [-0.2, 0) is 10.2 Å². The molecule has 0 spiro atoms. The number of anilines is 2. The molecular formula is C21H28N4O. The Morgan fingerprint density at radius 1 is 1.12 bits per heavy atom. The predicted molar refractivity (Wildman–Crippen MR) is 106 cm³/mol. The monoisotopic (exact) mass is 352 g/mol. The van der Waals surface area contributed by atoms with E-state index in [2.05, 4.69) is 47.8 Å². The van der Waals surface area contributed by atoms with E-state index in [0.717, 1.165) is 37.4 Å². The number of piperidine rings is 1. The SMILES string of the molecule is CN(C(=O)C1CCN(c2cnccn2)CC1)c1ccc(C(C)(C)C)cc1. The zero-order chi connectivity index (χ0) is 18.7. The van der Waals surface area contributed by atoms with Gasteiger partial charge in [-0.15, -0.1) is 0 Å². The molecule has 5 heteroatoms. The lowest BCUT2D eigenvalue weighted by Crippen LogP contribution is -2.41. The van der Waals surface area contributed by atoms with Crippen molar-refractivity contribution >= 4 is 17.4 Å². The van der Waals surface area contributed by atoms with Crippen molar-refractivity contribution in [1.29, 1.82) is 0 Å². The Hall–Kier alpha value is -2.43. The van der Waals surface area contributed by atoms with Crippen LogP contribution in [0.4, 0.5) is 11.5 Å². The summed E-state index contributed by atoms with van der Waals surface area (Å²) in [5.41, 5.74) is 2.35. The van der Waals surface area contributed by atoms with Crippen molar-refractivity contribution in [2.75, 3.05) is 29.9 Å². The van der Waals surface area contributed by atoms with Gasteiger partial charge < -0.3 is 9.80 Å². The highest BCUT2D eigenvalue weighted by Crippen LogP contribution is 2.27. The molecule has 1 fully saturated rings. The number of carbonyl (C=O) groups excluding carboxylic acids is 1. The topological polar surface area (TPSA) is 49.3 Å². The second-order valence-corrected chi connectivity index (χ2v) is 8.02. The Labute approximate surface area is 156 Å². The molecule has 2 heterocycles. The number of nitrogens with zero attached hydrogens (tertiary/aromatic N) is 4. The quantitative estimate of drug-likeness (QED) is 0.846. The molecule has 0 unspecified atom stereocenters. The molecule has 5 nitrogen and oxygen atoms in total. The molecule has 0 bridgehead atoms. The summed E-state index contributed by atoms with van der Waals surface area (Å²) in [5.74, 6) is 1.16. The first kappa shape index (κ1) is 18.4. The number of hydrogen-bond acceptors (Lipinski definition) is 4. The van der Waals surface area contributed by atoms with E-state index in [1.807, 2.05) is 19.2 Å². The van der Waals surface area contributed by atoms with E-state index in [1.54, 1.807) is 23.5 Å². The molecule has 0 radical (unpaired) electrons. The zero-order valence-corrected chi connectivity index (χ0v) is 16.1. The Morgan fingerprint density at radius 3 is 2.31 bits per heavy atom. The summed E-state index contributed by atoms with van der Waals surface area (Å²) in [6.07, 6.45) is 6.87. The molecule has 1 aliphatic rings. The van der Waals surface area contributed by atoms with Gasteiger partial charge in [0.15, 0.2) is 0 Å². The van der Waals surface area contributed by atoms with Gasteiger partial charge in [0.05, 0.1) is 6.20 Å². The molecule has 1 aromatic heterocycles. The maximum atomic E-state index is 12.9. The van der Waals surface area contributed by atoms with Crippen LogP contribution in [0.2, 0.25) is 0 Å². The smallest absolute Gasteiger partial charge is 0.229 e. The third kappa shape index (κ3) is 4.03. The fourth-order valence-corrected chi connectivity index (χ4v) is 3.40. The number of amides is 1. The lowest BCUT2D eigenvalue weighted by molar-refractivity contribution is -0.122. The summed E-state index contributed by atoms with van der Waals surface area (Å²) in [4.78, 5) is 25.4. The maximum absolute atomic E-state index is 12.9. The van der Waals surface area contributed by atoms with E-state index in [-0.39, 0.29) is 17.2 Å². The summed E-state index contributed by atoms with van der Waals surface area (Å²) in [5, 5.41) is 0. The largest absolute Gasteiger partial charge is 0.355 e. The third-order valence-electron chi connectivity index (χ3n) is 5.17. The minimum Gasteiger partial charge on any atom is -0.355 e. The minimum absolute atomic E-state index is 0.0650. The van der Waals surface area contributed by atoms with Crippen LogP contribution in [0.25, 0.3) is 0 Å². The number of carbonyl (C=O) groups is 1. The molecule has 1 aliphatic heterocycles. The van der Waals surface area contributed by atoms with Gasteiger partial charge in [-0.05, 0) is 36.0 Å². The first-order valence-electron chi connectivity index (χ1n) is 9.25. The molecular weight excluding hydrogens is 324 g/mol. The van der Waals surface area contributed by atoms with Crippen LogP contribution in [0, 0.1) is 5.92 Å². The summed E-state index contributed by atoms with van der Waals surface area (Å²) < 4.78 is 0. The fourth-order valence-electron chi connectivity index (χ4n) is 3.40. The van der Waals surface area contributed by atoms with Crippen LogP contribution in [0.1, 0.15) is 39.2 Å². The average Bonchev–Trinajstić information content (AvgIpc) is 2.67. The fraction of sp³-hybridized carbons (Fsp3) is 0.476. The molecule has 2 aromatic rings. The molecule has 0 saturated carbocycles. The molecule has 0 atom stereocenters. The van der Waals surface area contributed by atoms with Crippen LogP contribution in [0.3, 0.4) is 0 Å². The van der Waals surface area contributed by atoms with E-state index in [4.69, 9.17) is 0 Å². The van der Waals surface area contributed by atoms with Crippen molar-refractivity contribution in [2.45, 2.75) is 39.0 Å². The lowest BCUT2D eigenvalue weighted by atomic mass is 9.87. The molecule has 26 heavy (non-hydrogen) atoms. The van der Waals surface area contributed by atoms with Crippen LogP contribution >= 0.6 is 0 Å². The van der Waals surface area contributed by atoms with Crippen LogP contribution in [0.5, 0.6) is 0 Å². The highest BCUT2D eigenvalue weighted by atomic mass is 16.2. The van der Waals surface area contributed by atoms with Crippen LogP contribution in [-0.4, -0.2) is 36.0 Å². The Kier molecular flexibility index (Phi) is 5.25. The van der Waals surface area contributed by atoms with Gasteiger partial charge in [0.2, 0.25) is 5.91 Å². The first-order valence-corrected chi connectivity index (χ1v) is 9.25. The van der Waals surface area contributed by atoms with Crippen molar-refractivity contribution < 1.29 is 4.79 Å². The highest BCUT2D eigenvalue weighted by Gasteiger charge is 2.28. The highest BCUT2D eigenvalue weighted by molar-refractivity contribution is 5.94. The lowest BCUT2D eigenvalue weighted by Gasteiger charge is -2.33. The number of hydrogen-bond donors (Lipinski definition) is 0. The Morgan fingerprint density at radius 2 is 1.77 bits per heavy atom. The van der Waals surface area contributed by atoms with Gasteiger partial charge in [-0.3, -0.25) is 9.78 Å². The van der Waals surface area contributed by atoms with Crippen molar-refractivity contribution in [2.24, 2.45) is 5.92 Å². The van der Waals surface area contributed by atoms with Crippen molar-refractivity contribution in [1.82, 2.24) is 9.97 Å². The maximum Gasteiger partial charge on any atom is 0.229 e. The van der Waals surface area contributed by atoms with Gasteiger partial charge in [0.25, 0.3) is 0 Å². The van der Waals surface area contributed by atoms with E-state index in [1.165, 1.54) is 5.56 Å². The predicted octanol–water partition coefficient (Wildman–Crippen LogP) is 3.65. The van der Waals surface area contributed by atoms with Gasteiger partial charge in [-0.2, -0.15) is 0 Å². The van der Waals surface area contributed by atoms with Gasteiger partial charge in [0, 0.05) is 44.1 Å². The van der Waals surface area contributed by atoms with Crippen molar-refractivity contribution in [3.8, 4) is 0 Å². The van der Waals surface area contributed by atoms with Crippen molar-refractivity contribution in [3.05, 3.63) is 48.4 Å². The van der Waals surface area contributed by atoms with Gasteiger partial charge >= 0.3 is 0 Å². The molecule has 138 valence electrons. The summed E-state index contributed by atoms with van der Waals surface area (Å²) in [6, 6.07) is 8.34. The normalized spacial score (nSPS) is 15.8. The second-order valence-electron chi connectivity index (χ2n) is 8.02. The number of benzene rings is 1. The Bertz CT molecular complexity index is 729. The number of rotatable bonds is 3. The van der Waals surface area contributed by atoms with Gasteiger partial charge in [-0.25, -0.2) is 4.98 Å². The summed E-state index contributed by atoms with van der Waals surface area (Å²) >= 11 is 0. The molecule has 1 saturated heterocycles. The molecule has 1 aromatic carbocycles. The van der Waals surface area contributed by atoms with E-state index >= 15 is 0 Å². The average molecular weight is 352 g/mol. The molecule has 1 amide bonds. The third-order valence-corrected chi connectivity index (χ3v) is 5.17. The zero-order valence-electron chi connectivity index (χ0n) is 16.1. The van der Waals surface area contributed by atoms with E-state index in [9.17, 15) is 4.79 Å². The molecule has 3 rings (SSSR count). The standard InChI is InChI=1S/C21H28N4O/c1-21(2,3)17-5-7-18(8-6-17)24(4)20(26)16-9-13-25(14-10-16)19-15-22-11-12-23-19/h5-8,11-12,15-16H,9-10,13-14H2,1-4H3. The minimum atomic E-state index is 0.0650. The van der Waals surface area contributed by atoms with Crippen LogP contribution < -0.4 is 9.80 Å². The first-order chi connectivity index (χ1) is 12.4. The Balaban J connectivity index is 1.61. The van der Waals surface area contributed by atoms with Crippen LogP contribution in [0.15, 0.2) is 42.9 Å².